The van der Waals surface area contributed by atoms with E-state index in [9.17, 15) is 14.5 Å². The van der Waals surface area contributed by atoms with Crippen LogP contribution in [0.3, 0.4) is 0 Å². The highest BCUT2D eigenvalue weighted by molar-refractivity contribution is 7.54. The second kappa shape index (κ2) is 11.8. The van der Waals surface area contributed by atoms with Gasteiger partial charge in [0.2, 0.25) is 6.79 Å². The number of allylic oxidation sites excluding steroid dienone is 1. The van der Waals surface area contributed by atoms with Crippen molar-refractivity contribution in [2.45, 2.75) is 73.6 Å². The fraction of sp³-hybridized carbons (Fsp3) is 0.625. The summed E-state index contributed by atoms with van der Waals surface area (Å²) in [4.78, 5) is 12.1. The molecule has 0 bridgehead atoms. The van der Waals surface area contributed by atoms with Gasteiger partial charge in [-0.25, -0.2) is 4.57 Å². The van der Waals surface area contributed by atoms with Crippen molar-refractivity contribution in [1.29, 1.82) is 0 Å². The van der Waals surface area contributed by atoms with Crippen molar-refractivity contribution in [2.75, 3.05) is 19.6 Å². The maximum Gasteiger partial charge on any atom is 0.382 e. The lowest BCUT2D eigenvalue weighted by Crippen LogP contribution is -2.24. The van der Waals surface area contributed by atoms with E-state index in [0.29, 0.717) is 12.2 Å². The fourth-order valence-electron chi connectivity index (χ4n) is 2.77. The Morgan fingerprint density at radius 1 is 1.13 bits per heavy atom. The molecule has 0 heterocycles. The summed E-state index contributed by atoms with van der Waals surface area (Å²) < 4.78 is 30.6. The van der Waals surface area contributed by atoms with Crippen LogP contribution < -0.4 is 4.52 Å². The van der Waals surface area contributed by atoms with E-state index >= 15 is 0 Å². The number of hydrogen-bond donors (Lipinski definition) is 1. The first kappa shape index (κ1) is 27.4. The average Bonchev–Trinajstić information content (AvgIpc) is 2.66. The Labute approximate surface area is 187 Å². The van der Waals surface area contributed by atoms with Gasteiger partial charge in [0.25, 0.3) is 0 Å². The summed E-state index contributed by atoms with van der Waals surface area (Å²) in [5.74, 6) is 0.455. The molecule has 1 aromatic rings. The summed E-state index contributed by atoms with van der Waals surface area (Å²) in [6.45, 7) is 14.7. The van der Waals surface area contributed by atoms with Crippen LogP contribution in [0.2, 0.25) is 0 Å². The number of carbonyl (C=O) groups is 1. The lowest BCUT2D eigenvalue weighted by Gasteiger charge is -2.25. The van der Waals surface area contributed by atoms with E-state index in [2.05, 4.69) is 27.7 Å². The summed E-state index contributed by atoms with van der Waals surface area (Å²) >= 11 is 0. The van der Waals surface area contributed by atoms with Gasteiger partial charge in [-0.15, -0.1) is 0 Å². The molecule has 0 saturated carbocycles. The van der Waals surface area contributed by atoms with E-state index in [1.807, 2.05) is 18.2 Å². The van der Waals surface area contributed by atoms with Crippen molar-refractivity contribution < 1.29 is 28.3 Å². The first-order valence-electron chi connectivity index (χ1n) is 10.8. The van der Waals surface area contributed by atoms with Gasteiger partial charge in [-0.1, -0.05) is 57.5 Å². The summed E-state index contributed by atoms with van der Waals surface area (Å²) in [6.07, 6.45) is 2.30. The van der Waals surface area contributed by atoms with Crippen LogP contribution in [-0.2, 0) is 18.6 Å². The van der Waals surface area contributed by atoms with Crippen molar-refractivity contribution in [1.82, 2.24) is 0 Å². The molecule has 0 aliphatic rings. The molecule has 0 saturated heterocycles. The molecule has 0 spiro atoms. The van der Waals surface area contributed by atoms with Crippen molar-refractivity contribution in [3.05, 3.63) is 41.0 Å². The number of aliphatic hydroxyl groups is 1. The molecular formula is C24H39O6P. The third-order valence-corrected chi connectivity index (χ3v) is 6.51. The van der Waals surface area contributed by atoms with Gasteiger partial charge in [-0.2, -0.15) is 0 Å². The molecule has 31 heavy (non-hydrogen) atoms. The lowest BCUT2D eigenvalue weighted by molar-refractivity contribution is -0.159. The SMILES string of the molecule is C/C(=C\CCP(=O)(OCOC(=O)C(C)(C)C)Oc1c(C(C)C)cccc1C(C)C)CO. The normalized spacial score (nSPS) is 14.6. The second-order valence-corrected chi connectivity index (χ2v) is 11.5. The molecule has 1 rings (SSSR count). The number of carbonyl (C=O) groups excluding carboxylic acids is 1. The zero-order valence-electron chi connectivity index (χ0n) is 20.2. The van der Waals surface area contributed by atoms with Crippen LogP contribution in [-0.4, -0.2) is 30.6 Å². The highest BCUT2D eigenvalue weighted by Gasteiger charge is 2.31. The number of rotatable bonds is 11. The summed E-state index contributed by atoms with van der Waals surface area (Å²) in [5.41, 5.74) is 1.98. The smallest absolute Gasteiger partial charge is 0.382 e. The van der Waals surface area contributed by atoms with Gasteiger partial charge in [-0.3, -0.25) is 9.32 Å². The molecule has 176 valence electrons. The van der Waals surface area contributed by atoms with Gasteiger partial charge in [-0.05, 0) is 57.1 Å². The maximum absolute atomic E-state index is 13.7. The lowest BCUT2D eigenvalue weighted by atomic mass is 9.94. The Balaban J connectivity index is 3.20. The monoisotopic (exact) mass is 454 g/mol. The minimum atomic E-state index is -3.65. The number of benzene rings is 1. The molecule has 7 heteroatoms. The van der Waals surface area contributed by atoms with E-state index in [-0.39, 0.29) is 24.6 Å². The van der Waals surface area contributed by atoms with Crippen LogP contribution in [0.15, 0.2) is 29.8 Å². The Bertz CT molecular complexity index is 779. The van der Waals surface area contributed by atoms with Crippen LogP contribution >= 0.6 is 7.60 Å². The Kier molecular flexibility index (Phi) is 10.5. The Hall–Kier alpha value is -1.62. The van der Waals surface area contributed by atoms with Crippen LogP contribution in [0.4, 0.5) is 0 Å². The van der Waals surface area contributed by atoms with E-state index in [0.717, 1.165) is 16.7 Å². The predicted molar refractivity (Wildman–Crippen MR) is 125 cm³/mol. The molecule has 1 unspecified atom stereocenters. The maximum atomic E-state index is 13.7. The van der Waals surface area contributed by atoms with Crippen molar-refractivity contribution in [3.63, 3.8) is 0 Å². The minimum absolute atomic E-state index is 0.0666. The summed E-state index contributed by atoms with van der Waals surface area (Å²) in [5, 5.41) is 9.22. The first-order chi connectivity index (χ1) is 14.3. The fourth-order valence-corrected chi connectivity index (χ4v) is 4.19. The molecule has 1 N–H and O–H groups in total. The highest BCUT2D eigenvalue weighted by atomic mass is 31.2. The van der Waals surface area contributed by atoms with Crippen molar-refractivity contribution in [2.24, 2.45) is 5.41 Å². The molecule has 0 aliphatic carbocycles. The number of ether oxygens (including phenoxy) is 1. The number of esters is 1. The molecule has 0 fully saturated rings. The van der Waals surface area contributed by atoms with Crippen molar-refractivity contribution >= 4 is 13.6 Å². The van der Waals surface area contributed by atoms with E-state index in [4.69, 9.17) is 13.8 Å². The van der Waals surface area contributed by atoms with Crippen LogP contribution in [0.5, 0.6) is 5.75 Å². The minimum Gasteiger partial charge on any atom is -0.438 e. The molecule has 1 atom stereocenters. The largest absolute Gasteiger partial charge is 0.438 e. The predicted octanol–water partition coefficient (Wildman–Crippen LogP) is 6.40. The molecular weight excluding hydrogens is 415 g/mol. The first-order valence-corrected chi connectivity index (χ1v) is 12.5. The average molecular weight is 455 g/mol. The zero-order chi connectivity index (χ0) is 23.8. The van der Waals surface area contributed by atoms with E-state index in [1.54, 1.807) is 33.8 Å². The van der Waals surface area contributed by atoms with Crippen LogP contribution in [0.1, 0.15) is 84.8 Å². The molecule has 6 nitrogen and oxygen atoms in total. The number of hydrogen-bond acceptors (Lipinski definition) is 6. The van der Waals surface area contributed by atoms with E-state index < -0.39 is 25.8 Å². The Morgan fingerprint density at radius 3 is 2.13 bits per heavy atom. The van der Waals surface area contributed by atoms with Crippen molar-refractivity contribution in [3.8, 4) is 5.75 Å². The van der Waals surface area contributed by atoms with Gasteiger partial charge in [0.15, 0.2) is 0 Å². The topological polar surface area (TPSA) is 82.1 Å². The number of aliphatic hydroxyl groups excluding tert-OH is 1. The van der Waals surface area contributed by atoms with E-state index in [1.165, 1.54) is 0 Å². The van der Waals surface area contributed by atoms with Gasteiger partial charge >= 0.3 is 13.6 Å². The quantitative estimate of drug-likeness (QED) is 0.180. The van der Waals surface area contributed by atoms with Gasteiger partial charge < -0.3 is 14.4 Å². The number of para-hydroxylation sites is 1. The second-order valence-electron chi connectivity index (χ2n) is 9.43. The Morgan fingerprint density at radius 2 is 1.68 bits per heavy atom. The third-order valence-electron chi connectivity index (χ3n) is 4.75. The van der Waals surface area contributed by atoms with Gasteiger partial charge in [0.05, 0.1) is 18.2 Å². The molecule has 0 aliphatic heterocycles. The van der Waals surface area contributed by atoms with Crippen LogP contribution in [0.25, 0.3) is 0 Å². The highest BCUT2D eigenvalue weighted by Crippen LogP contribution is 2.52. The van der Waals surface area contributed by atoms with Gasteiger partial charge in [0, 0.05) is 0 Å². The molecule has 0 radical (unpaired) electrons. The summed E-state index contributed by atoms with van der Waals surface area (Å²) in [7, 11) is -3.65. The summed E-state index contributed by atoms with van der Waals surface area (Å²) in [6, 6.07) is 5.90. The van der Waals surface area contributed by atoms with Crippen LogP contribution in [0, 0.1) is 5.41 Å². The standard InChI is InChI=1S/C24H39O6P/c1-17(2)20-12-9-13-21(18(3)4)22(20)30-31(27,14-10-11-19(5)15-25)29-16-28-23(26)24(6,7)8/h9,11-13,17-18,25H,10,14-16H2,1-8H3/b19-11+. The molecule has 1 aromatic carbocycles. The van der Waals surface area contributed by atoms with Gasteiger partial charge in [0.1, 0.15) is 5.75 Å². The third kappa shape index (κ3) is 8.80. The zero-order valence-corrected chi connectivity index (χ0v) is 21.1. The molecule has 0 amide bonds. The molecule has 0 aromatic heterocycles.